The van der Waals surface area contributed by atoms with Crippen LogP contribution in [0.2, 0.25) is 0 Å². The average Bonchev–Trinajstić information content (AvgIpc) is 2.76. The van der Waals surface area contributed by atoms with Gasteiger partial charge in [0, 0.05) is 37.5 Å². The number of amides is 3. The van der Waals surface area contributed by atoms with Gasteiger partial charge in [0.2, 0.25) is 17.7 Å². The summed E-state index contributed by atoms with van der Waals surface area (Å²) in [6.07, 6.45) is 7.67. The first-order valence-corrected chi connectivity index (χ1v) is 11.6. The van der Waals surface area contributed by atoms with Gasteiger partial charge in [-0.1, -0.05) is 33.1 Å². The Morgan fingerprint density at radius 2 is 1.68 bits per heavy atom. The number of hydrogen-bond acceptors (Lipinski definition) is 3. The van der Waals surface area contributed by atoms with Crippen LogP contribution in [0.15, 0.2) is 18.2 Å². The molecule has 0 bridgehead atoms. The Morgan fingerprint density at radius 1 is 1.00 bits per heavy atom. The molecule has 0 radical (unpaired) electrons. The smallest absolute Gasteiger partial charge is 0.227 e. The molecule has 6 nitrogen and oxygen atoms in total. The third kappa shape index (κ3) is 8.31. The van der Waals surface area contributed by atoms with Crippen molar-refractivity contribution in [1.29, 1.82) is 0 Å². The van der Waals surface area contributed by atoms with Crippen LogP contribution in [-0.4, -0.2) is 35.7 Å². The standard InChI is InChI=1S/C24H36FN3O3/c1-3-15-28(16-4-2)23(30)12-8-11-22(29)26-19-13-14-20(25)21(17-19)27-24(31)18-9-6-5-7-10-18/h13-14,17-18H,3-12,15-16H2,1-2H3,(H,26,29)(H,27,31). The molecule has 0 atom stereocenters. The van der Waals surface area contributed by atoms with Crippen LogP contribution < -0.4 is 10.6 Å². The Hall–Kier alpha value is -2.44. The van der Waals surface area contributed by atoms with Crippen molar-refractivity contribution in [1.82, 2.24) is 4.90 Å². The summed E-state index contributed by atoms with van der Waals surface area (Å²) in [7, 11) is 0. The number of anilines is 2. The highest BCUT2D eigenvalue weighted by Crippen LogP contribution is 2.26. The van der Waals surface area contributed by atoms with Crippen molar-refractivity contribution in [3.05, 3.63) is 24.0 Å². The van der Waals surface area contributed by atoms with Gasteiger partial charge >= 0.3 is 0 Å². The number of carbonyl (C=O) groups excluding carboxylic acids is 3. The second-order valence-corrected chi connectivity index (χ2v) is 8.30. The summed E-state index contributed by atoms with van der Waals surface area (Å²) in [5.41, 5.74) is 0.508. The molecule has 1 saturated carbocycles. The molecule has 172 valence electrons. The first-order chi connectivity index (χ1) is 14.9. The van der Waals surface area contributed by atoms with Gasteiger partial charge in [-0.3, -0.25) is 14.4 Å². The predicted octanol–water partition coefficient (Wildman–Crippen LogP) is 5.10. The Bertz CT molecular complexity index is 742. The van der Waals surface area contributed by atoms with Crippen LogP contribution in [0.25, 0.3) is 0 Å². The van der Waals surface area contributed by atoms with Crippen LogP contribution in [0.5, 0.6) is 0 Å². The molecule has 1 aliphatic rings. The molecule has 0 heterocycles. The zero-order chi connectivity index (χ0) is 22.6. The number of benzene rings is 1. The summed E-state index contributed by atoms with van der Waals surface area (Å²) >= 11 is 0. The lowest BCUT2D eigenvalue weighted by atomic mass is 9.88. The van der Waals surface area contributed by atoms with E-state index < -0.39 is 5.82 Å². The van der Waals surface area contributed by atoms with Crippen LogP contribution >= 0.6 is 0 Å². The van der Waals surface area contributed by atoms with E-state index in [4.69, 9.17) is 0 Å². The summed E-state index contributed by atoms with van der Waals surface area (Å²) in [6, 6.07) is 4.16. The zero-order valence-corrected chi connectivity index (χ0v) is 18.8. The molecule has 3 amide bonds. The number of hydrogen-bond donors (Lipinski definition) is 2. The molecule has 2 N–H and O–H groups in total. The van der Waals surface area contributed by atoms with E-state index in [1.807, 2.05) is 18.7 Å². The molecule has 7 heteroatoms. The molecule has 1 aliphatic carbocycles. The fraction of sp³-hybridized carbons (Fsp3) is 0.625. The average molecular weight is 434 g/mol. The van der Waals surface area contributed by atoms with Crippen molar-refractivity contribution >= 4 is 29.1 Å². The Labute approximate surface area is 185 Å². The molecule has 0 aromatic heterocycles. The highest BCUT2D eigenvalue weighted by atomic mass is 19.1. The molecular formula is C24H36FN3O3. The lowest BCUT2D eigenvalue weighted by molar-refractivity contribution is -0.131. The van der Waals surface area contributed by atoms with Crippen molar-refractivity contribution in [3.63, 3.8) is 0 Å². The van der Waals surface area contributed by atoms with E-state index in [2.05, 4.69) is 10.6 Å². The van der Waals surface area contributed by atoms with Gasteiger partial charge in [-0.25, -0.2) is 4.39 Å². The van der Waals surface area contributed by atoms with Gasteiger partial charge in [0.05, 0.1) is 5.69 Å². The summed E-state index contributed by atoms with van der Waals surface area (Å²) in [4.78, 5) is 38.8. The van der Waals surface area contributed by atoms with E-state index in [9.17, 15) is 18.8 Å². The van der Waals surface area contributed by atoms with Gasteiger partial charge in [0.15, 0.2) is 0 Å². The monoisotopic (exact) mass is 433 g/mol. The molecular weight excluding hydrogens is 397 g/mol. The van der Waals surface area contributed by atoms with Crippen molar-refractivity contribution in [2.24, 2.45) is 5.92 Å². The van der Waals surface area contributed by atoms with E-state index in [-0.39, 0.29) is 35.7 Å². The number of nitrogens with zero attached hydrogens (tertiary/aromatic N) is 1. The normalized spacial score (nSPS) is 14.2. The second-order valence-electron chi connectivity index (χ2n) is 8.30. The quantitative estimate of drug-likeness (QED) is 0.509. The molecule has 1 aromatic carbocycles. The Morgan fingerprint density at radius 3 is 2.32 bits per heavy atom. The maximum atomic E-state index is 14.2. The van der Waals surface area contributed by atoms with Gasteiger partial charge in [-0.05, 0) is 50.3 Å². The summed E-state index contributed by atoms with van der Waals surface area (Å²) in [5, 5.41) is 5.41. The van der Waals surface area contributed by atoms with Gasteiger partial charge < -0.3 is 15.5 Å². The first-order valence-electron chi connectivity index (χ1n) is 11.6. The predicted molar refractivity (Wildman–Crippen MR) is 121 cm³/mol. The van der Waals surface area contributed by atoms with Crippen molar-refractivity contribution in [2.45, 2.75) is 78.1 Å². The van der Waals surface area contributed by atoms with Gasteiger partial charge in [0.25, 0.3) is 0 Å². The largest absolute Gasteiger partial charge is 0.343 e. The van der Waals surface area contributed by atoms with E-state index in [0.717, 1.165) is 58.0 Å². The molecule has 1 aromatic rings. The molecule has 0 saturated heterocycles. The Balaban J connectivity index is 1.84. The third-order valence-electron chi connectivity index (χ3n) is 5.62. The fourth-order valence-electron chi connectivity index (χ4n) is 3.98. The van der Waals surface area contributed by atoms with Gasteiger partial charge in [-0.15, -0.1) is 0 Å². The van der Waals surface area contributed by atoms with Crippen LogP contribution in [-0.2, 0) is 14.4 Å². The SMILES string of the molecule is CCCN(CCC)C(=O)CCCC(=O)Nc1ccc(F)c(NC(=O)C2CCCCC2)c1. The maximum Gasteiger partial charge on any atom is 0.227 e. The van der Waals surface area contributed by atoms with E-state index >= 15 is 0 Å². The molecule has 1 fully saturated rings. The number of halogens is 1. The summed E-state index contributed by atoms with van der Waals surface area (Å²) in [5.74, 6) is -0.930. The summed E-state index contributed by atoms with van der Waals surface area (Å²) in [6.45, 7) is 5.56. The minimum atomic E-state index is -0.528. The van der Waals surface area contributed by atoms with Crippen molar-refractivity contribution in [3.8, 4) is 0 Å². The maximum absolute atomic E-state index is 14.2. The third-order valence-corrected chi connectivity index (χ3v) is 5.62. The lowest BCUT2D eigenvalue weighted by Crippen LogP contribution is -2.32. The van der Waals surface area contributed by atoms with Gasteiger partial charge in [0.1, 0.15) is 5.82 Å². The molecule has 0 aliphatic heterocycles. The molecule has 2 rings (SSSR count). The topological polar surface area (TPSA) is 78.5 Å². The van der Waals surface area contributed by atoms with Crippen molar-refractivity contribution < 1.29 is 18.8 Å². The van der Waals surface area contributed by atoms with E-state index in [1.165, 1.54) is 18.2 Å². The number of rotatable bonds is 11. The Kier molecular flexibility index (Phi) is 10.5. The van der Waals surface area contributed by atoms with Crippen LogP contribution in [0.1, 0.15) is 78.1 Å². The highest BCUT2D eigenvalue weighted by molar-refractivity contribution is 5.95. The fourth-order valence-corrected chi connectivity index (χ4v) is 3.98. The molecule has 31 heavy (non-hydrogen) atoms. The van der Waals surface area contributed by atoms with Gasteiger partial charge in [-0.2, -0.15) is 0 Å². The summed E-state index contributed by atoms with van der Waals surface area (Å²) < 4.78 is 14.2. The van der Waals surface area contributed by atoms with E-state index in [0.29, 0.717) is 18.5 Å². The highest BCUT2D eigenvalue weighted by Gasteiger charge is 2.22. The molecule has 0 spiro atoms. The first kappa shape index (κ1) is 24.8. The number of nitrogens with one attached hydrogen (secondary N) is 2. The zero-order valence-electron chi connectivity index (χ0n) is 18.8. The lowest BCUT2D eigenvalue weighted by Gasteiger charge is -2.21. The van der Waals surface area contributed by atoms with Crippen LogP contribution in [0, 0.1) is 11.7 Å². The second kappa shape index (κ2) is 13.1. The van der Waals surface area contributed by atoms with Crippen molar-refractivity contribution in [2.75, 3.05) is 23.7 Å². The number of carbonyl (C=O) groups is 3. The molecule has 0 unspecified atom stereocenters. The van der Waals surface area contributed by atoms with Crippen LogP contribution in [0.3, 0.4) is 0 Å². The minimum Gasteiger partial charge on any atom is -0.343 e. The van der Waals surface area contributed by atoms with E-state index in [1.54, 1.807) is 0 Å². The minimum absolute atomic E-state index is 0.0750. The van der Waals surface area contributed by atoms with Crippen LogP contribution in [0.4, 0.5) is 15.8 Å².